The van der Waals surface area contributed by atoms with Gasteiger partial charge in [0, 0.05) is 22.0 Å². The molecule has 3 rings (SSSR count). The summed E-state index contributed by atoms with van der Waals surface area (Å²) in [6, 6.07) is 13.0. The van der Waals surface area contributed by atoms with Gasteiger partial charge in [0.25, 0.3) is 0 Å². The molecule has 0 unspecified atom stereocenters. The number of nitrogens with zero attached hydrogens (tertiary/aromatic N) is 1. The number of halogens is 1. The fourth-order valence-electron chi connectivity index (χ4n) is 2.91. The molecule has 0 aliphatic rings. The lowest BCUT2D eigenvalue weighted by molar-refractivity contribution is -0.481. The van der Waals surface area contributed by atoms with Gasteiger partial charge in [0.2, 0.25) is 6.54 Å². The average Bonchev–Trinajstić information content (AvgIpc) is 3.02. The number of fused-ring (bicyclic) bond motifs is 1. The molecule has 0 radical (unpaired) electrons. The highest BCUT2D eigenvalue weighted by Gasteiger charge is 2.24. The molecule has 6 heteroatoms. The minimum Gasteiger partial charge on any atom is -0.488 e. The first-order chi connectivity index (χ1) is 12.1. The van der Waals surface area contributed by atoms with Gasteiger partial charge in [-0.25, -0.2) is 0 Å². The predicted octanol–water partition coefficient (Wildman–Crippen LogP) is 4.79. The number of aromatic amines is 1. The maximum absolute atomic E-state index is 11.2. The van der Waals surface area contributed by atoms with Gasteiger partial charge in [-0.3, -0.25) is 10.1 Å². The van der Waals surface area contributed by atoms with Gasteiger partial charge in [-0.2, -0.15) is 0 Å². The summed E-state index contributed by atoms with van der Waals surface area (Å²) in [7, 11) is 0. The average molecular weight is 357 g/mol. The molecule has 3 aromatic rings. The first-order valence-electron chi connectivity index (χ1n) is 7.81. The summed E-state index contributed by atoms with van der Waals surface area (Å²) < 4.78 is 5.47. The number of ether oxygens (including phenoxy) is 1. The Labute approximate surface area is 150 Å². The van der Waals surface area contributed by atoms with Crippen LogP contribution < -0.4 is 4.74 Å². The summed E-state index contributed by atoms with van der Waals surface area (Å²) in [4.78, 5) is 14.1. The summed E-state index contributed by atoms with van der Waals surface area (Å²) in [6.45, 7) is 3.73. The van der Waals surface area contributed by atoms with Gasteiger partial charge in [-0.1, -0.05) is 48.5 Å². The number of aromatic nitrogens is 1. The second-order valence-electron chi connectivity index (χ2n) is 5.65. The van der Waals surface area contributed by atoms with Crippen LogP contribution in [-0.2, 0) is 0 Å². The van der Waals surface area contributed by atoms with Crippen LogP contribution in [0.3, 0.4) is 0 Å². The molecule has 5 nitrogen and oxygen atoms in total. The molecule has 0 aliphatic heterocycles. The smallest absolute Gasteiger partial charge is 0.214 e. The highest BCUT2D eigenvalue weighted by molar-refractivity contribution is 6.32. The van der Waals surface area contributed by atoms with E-state index in [4.69, 9.17) is 16.3 Å². The van der Waals surface area contributed by atoms with Crippen LogP contribution in [0.4, 0.5) is 0 Å². The minimum atomic E-state index is -0.405. The van der Waals surface area contributed by atoms with E-state index < -0.39 is 5.92 Å². The Bertz CT molecular complexity index is 920. The normalized spacial score (nSPS) is 12.0. The van der Waals surface area contributed by atoms with Crippen molar-refractivity contribution in [2.24, 2.45) is 0 Å². The largest absolute Gasteiger partial charge is 0.488 e. The summed E-state index contributed by atoms with van der Waals surface area (Å²) in [5, 5.41) is 12.6. The molecule has 25 heavy (non-hydrogen) atoms. The first-order valence-corrected chi connectivity index (χ1v) is 8.19. The second-order valence-corrected chi connectivity index (χ2v) is 6.05. The van der Waals surface area contributed by atoms with Gasteiger partial charge >= 0.3 is 0 Å². The maximum Gasteiger partial charge on any atom is 0.214 e. The summed E-state index contributed by atoms with van der Waals surface area (Å²) in [6.07, 6.45) is 3.46. The van der Waals surface area contributed by atoms with Crippen molar-refractivity contribution in [1.82, 2.24) is 4.98 Å². The van der Waals surface area contributed by atoms with E-state index in [0.717, 1.165) is 22.0 Å². The first kappa shape index (κ1) is 17.0. The Kier molecular flexibility index (Phi) is 5.05. The van der Waals surface area contributed by atoms with Crippen molar-refractivity contribution in [2.45, 2.75) is 5.92 Å². The molecule has 0 saturated carbocycles. The molecule has 0 bridgehead atoms. The van der Waals surface area contributed by atoms with Crippen molar-refractivity contribution in [1.29, 1.82) is 0 Å². The Balaban J connectivity index is 2.03. The van der Waals surface area contributed by atoms with Crippen LogP contribution in [0.5, 0.6) is 5.75 Å². The second kappa shape index (κ2) is 7.40. The lowest BCUT2D eigenvalue weighted by Crippen LogP contribution is -2.13. The fourth-order valence-corrected chi connectivity index (χ4v) is 3.16. The molecule has 128 valence electrons. The molecule has 1 aromatic heterocycles. The molecular formula is C19H17ClN2O3. The zero-order chi connectivity index (χ0) is 17.8. The van der Waals surface area contributed by atoms with E-state index in [9.17, 15) is 10.1 Å². The van der Waals surface area contributed by atoms with Gasteiger partial charge in [-0.05, 0) is 29.3 Å². The molecule has 0 amide bonds. The number of hydrogen-bond donors (Lipinski definition) is 1. The van der Waals surface area contributed by atoms with Crippen LogP contribution in [0.2, 0.25) is 5.02 Å². The van der Waals surface area contributed by atoms with Gasteiger partial charge in [-0.15, -0.1) is 0 Å². The molecule has 1 atom stereocenters. The van der Waals surface area contributed by atoms with E-state index >= 15 is 0 Å². The van der Waals surface area contributed by atoms with Gasteiger partial charge in [0.05, 0.1) is 10.9 Å². The third-order valence-corrected chi connectivity index (χ3v) is 4.34. The highest BCUT2D eigenvalue weighted by atomic mass is 35.5. The molecule has 0 saturated heterocycles. The number of nitro groups is 1. The van der Waals surface area contributed by atoms with Crippen molar-refractivity contribution in [3.05, 3.63) is 87.6 Å². The third kappa shape index (κ3) is 3.67. The van der Waals surface area contributed by atoms with Crippen LogP contribution in [0, 0.1) is 10.1 Å². The quantitative estimate of drug-likeness (QED) is 0.376. The van der Waals surface area contributed by atoms with E-state index in [0.29, 0.717) is 17.4 Å². The lowest BCUT2D eigenvalue weighted by atomic mass is 9.91. The highest BCUT2D eigenvalue weighted by Crippen LogP contribution is 2.35. The number of benzene rings is 2. The zero-order valence-electron chi connectivity index (χ0n) is 13.4. The van der Waals surface area contributed by atoms with Crippen molar-refractivity contribution in [3.63, 3.8) is 0 Å². The number of rotatable bonds is 7. The van der Waals surface area contributed by atoms with Crippen molar-refractivity contribution in [3.8, 4) is 5.75 Å². The van der Waals surface area contributed by atoms with Gasteiger partial charge < -0.3 is 9.72 Å². The Hall–Kier alpha value is -2.79. The Morgan fingerprint density at radius 1 is 1.32 bits per heavy atom. The molecule has 2 aromatic carbocycles. The van der Waals surface area contributed by atoms with E-state index in [-0.39, 0.29) is 11.5 Å². The van der Waals surface area contributed by atoms with Gasteiger partial charge in [0.15, 0.2) is 0 Å². The fraction of sp³-hybridized carbons (Fsp3) is 0.158. The van der Waals surface area contributed by atoms with E-state index in [1.165, 1.54) is 0 Å². The van der Waals surface area contributed by atoms with Gasteiger partial charge in [0.1, 0.15) is 12.4 Å². The van der Waals surface area contributed by atoms with Crippen molar-refractivity contribution >= 4 is 22.5 Å². The van der Waals surface area contributed by atoms with E-state index in [2.05, 4.69) is 11.6 Å². The summed E-state index contributed by atoms with van der Waals surface area (Å²) >= 11 is 6.29. The number of H-pyrrole nitrogens is 1. The number of para-hydroxylation sites is 1. The van der Waals surface area contributed by atoms with E-state index in [1.807, 2.05) is 36.5 Å². The van der Waals surface area contributed by atoms with Crippen LogP contribution in [0.1, 0.15) is 17.0 Å². The third-order valence-electron chi connectivity index (χ3n) is 4.04. The molecular weight excluding hydrogens is 340 g/mol. The zero-order valence-corrected chi connectivity index (χ0v) is 14.2. The standard InChI is InChI=1S/C19H17ClN2O3/c1-2-9-25-19-8-7-13(10-17(19)20)16(12-22(23)24)15-11-21-18-6-4-3-5-14(15)18/h2-8,10-11,16,21H,1,9,12H2/t16-/m1/s1. The lowest BCUT2D eigenvalue weighted by Gasteiger charge is -2.15. The molecule has 0 aliphatic carbocycles. The summed E-state index contributed by atoms with van der Waals surface area (Å²) in [5.74, 6) is 0.126. The monoisotopic (exact) mass is 356 g/mol. The maximum atomic E-state index is 11.2. The van der Waals surface area contributed by atoms with Crippen LogP contribution in [0.15, 0.2) is 61.3 Å². The van der Waals surface area contributed by atoms with Crippen molar-refractivity contribution < 1.29 is 9.66 Å². The summed E-state index contributed by atoms with van der Waals surface area (Å²) in [5.41, 5.74) is 2.60. The Morgan fingerprint density at radius 3 is 2.84 bits per heavy atom. The molecule has 0 fully saturated rings. The van der Waals surface area contributed by atoms with Crippen LogP contribution in [-0.4, -0.2) is 23.1 Å². The van der Waals surface area contributed by atoms with Crippen molar-refractivity contribution in [2.75, 3.05) is 13.2 Å². The minimum absolute atomic E-state index is 0.217. The number of hydrogen-bond acceptors (Lipinski definition) is 3. The molecule has 1 heterocycles. The topological polar surface area (TPSA) is 68.2 Å². The van der Waals surface area contributed by atoms with Crippen LogP contribution >= 0.6 is 11.6 Å². The predicted molar refractivity (Wildman–Crippen MR) is 99.1 cm³/mol. The Morgan fingerprint density at radius 2 is 2.12 bits per heavy atom. The van der Waals surface area contributed by atoms with E-state index in [1.54, 1.807) is 18.2 Å². The number of nitrogens with one attached hydrogen (secondary N) is 1. The van der Waals surface area contributed by atoms with Crippen LogP contribution in [0.25, 0.3) is 10.9 Å². The molecule has 1 N–H and O–H groups in total. The SMILES string of the molecule is C=CCOc1ccc([C@@H](C[N+](=O)[O-])c2c[nH]c3ccccc23)cc1Cl. The molecule has 0 spiro atoms.